The van der Waals surface area contributed by atoms with Crippen LogP contribution in [0.4, 0.5) is 0 Å². The molecular weight excluding hydrogens is 290 g/mol. The molecule has 2 N–H and O–H groups in total. The minimum Gasteiger partial charge on any atom is -0.478 e. The lowest BCUT2D eigenvalue weighted by molar-refractivity contribution is 0.0696. The summed E-state index contributed by atoms with van der Waals surface area (Å²) in [4.78, 5) is 10.9. The van der Waals surface area contributed by atoms with Crippen LogP contribution in [0.3, 0.4) is 0 Å². The molecule has 0 spiro atoms. The van der Waals surface area contributed by atoms with E-state index in [0.29, 0.717) is 18.4 Å². The molecule has 1 saturated carbocycles. The van der Waals surface area contributed by atoms with Crippen LogP contribution in [0.15, 0.2) is 29.2 Å². The first-order valence-electron chi connectivity index (χ1n) is 7.23. The van der Waals surface area contributed by atoms with E-state index < -0.39 is 16.0 Å². The van der Waals surface area contributed by atoms with Gasteiger partial charge in [-0.1, -0.05) is 26.2 Å². The van der Waals surface area contributed by atoms with Gasteiger partial charge in [-0.15, -0.1) is 0 Å². The van der Waals surface area contributed by atoms with Crippen molar-refractivity contribution in [1.29, 1.82) is 0 Å². The number of carboxylic acid groups (broad SMARTS) is 1. The second-order valence-electron chi connectivity index (χ2n) is 5.70. The van der Waals surface area contributed by atoms with Gasteiger partial charge in [-0.2, -0.15) is 0 Å². The number of hydrogen-bond acceptors (Lipinski definition) is 3. The lowest BCUT2D eigenvalue weighted by Crippen LogP contribution is -2.33. The van der Waals surface area contributed by atoms with Crippen LogP contribution in [-0.2, 0) is 10.0 Å². The molecule has 0 radical (unpaired) electrons. The van der Waals surface area contributed by atoms with Crippen LogP contribution in [-0.4, -0.2) is 26.0 Å². The van der Waals surface area contributed by atoms with E-state index in [2.05, 4.69) is 11.6 Å². The molecule has 1 fully saturated rings. The Morgan fingerprint density at radius 3 is 2.43 bits per heavy atom. The van der Waals surface area contributed by atoms with Crippen LogP contribution in [0, 0.1) is 11.8 Å². The van der Waals surface area contributed by atoms with Crippen molar-refractivity contribution in [1.82, 2.24) is 4.72 Å². The maximum Gasteiger partial charge on any atom is 0.335 e. The van der Waals surface area contributed by atoms with Crippen LogP contribution >= 0.6 is 0 Å². The number of aromatic carboxylic acids is 1. The van der Waals surface area contributed by atoms with Gasteiger partial charge < -0.3 is 5.11 Å². The quantitative estimate of drug-likeness (QED) is 0.875. The minimum atomic E-state index is -3.57. The second kappa shape index (κ2) is 6.58. The van der Waals surface area contributed by atoms with Crippen LogP contribution < -0.4 is 4.72 Å². The van der Waals surface area contributed by atoms with Crippen molar-refractivity contribution in [2.45, 2.75) is 37.5 Å². The first kappa shape index (κ1) is 16.0. The van der Waals surface area contributed by atoms with Gasteiger partial charge in [0.15, 0.2) is 0 Å². The molecule has 5 nitrogen and oxygen atoms in total. The van der Waals surface area contributed by atoms with Crippen molar-refractivity contribution in [2.24, 2.45) is 11.8 Å². The highest BCUT2D eigenvalue weighted by atomic mass is 32.2. The van der Waals surface area contributed by atoms with Gasteiger partial charge in [0.25, 0.3) is 0 Å². The van der Waals surface area contributed by atoms with Crippen molar-refractivity contribution < 1.29 is 18.3 Å². The summed E-state index contributed by atoms with van der Waals surface area (Å²) < 4.78 is 27.1. The zero-order chi connectivity index (χ0) is 15.5. The summed E-state index contributed by atoms with van der Waals surface area (Å²) in [5, 5.41) is 8.82. The van der Waals surface area contributed by atoms with E-state index in [0.717, 1.165) is 19.3 Å². The van der Waals surface area contributed by atoms with Crippen molar-refractivity contribution >= 4 is 16.0 Å². The van der Waals surface area contributed by atoms with Gasteiger partial charge in [0.05, 0.1) is 10.5 Å². The third-order valence-electron chi connectivity index (χ3n) is 4.24. The Kier molecular flexibility index (Phi) is 5.00. The monoisotopic (exact) mass is 311 g/mol. The summed E-state index contributed by atoms with van der Waals surface area (Å²) in [6.45, 7) is 2.62. The summed E-state index contributed by atoms with van der Waals surface area (Å²) in [5.41, 5.74) is 0.0786. The Labute approximate surface area is 125 Å². The summed E-state index contributed by atoms with van der Waals surface area (Å²) in [6.07, 6.45) is 4.59. The smallest absolute Gasteiger partial charge is 0.335 e. The Hall–Kier alpha value is -1.40. The number of benzene rings is 1. The maximum absolute atomic E-state index is 12.2. The van der Waals surface area contributed by atoms with E-state index in [-0.39, 0.29) is 10.5 Å². The van der Waals surface area contributed by atoms with E-state index in [4.69, 9.17) is 5.11 Å². The molecule has 2 unspecified atom stereocenters. The number of nitrogens with one attached hydrogen (secondary N) is 1. The minimum absolute atomic E-state index is 0.0786. The molecule has 1 aliphatic rings. The molecule has 21 heavy (non-hydrogen) atoms. The molecule has 1 aromatic carbocycles. The van der Waals surface area contributed by atoms with Gasteiger partial charge in [-0.05, 0) is 42.5 Å². The third-order valence-corrected chi connectivity index (χ3v) is 5.68. The van der Waals surface area contributed by atoms with E-state index in [1.54, 1.807) is 0 Å². The zero-order valence-corrected chi connectivity index (χ0v) is 12.9. The Morgan fingerprint density at radius 2 is 1.86 bits per heavy atom. The number of sulfonamides is 1. The topological polar surface area (TPSA) is 83.5 Å². The van der Waals surface area contributed by atoms with Crippen LogP contribution in [0.5, 0.6) is 0 Å². The largest absolute Gasteiger partial charge is 0.478 e. The van der Waals surface area contributed by atoms with Gasteiger partial charge in [-0.3, -0.25) is 0 Å². The Balaban J connectivity index is 2.02. The highest BCUT2D eigenvalue weighted by molar-refractivity contribution is 7.89. The van der Waals surface area contributed by atoms with Crippen molar-refractivity contribution in [3.05, 3.63) is 29.8 Å². The van der Waals surface area contributed by atoms with Crippen LogP contribution in [0.1, 0.15) is 43.0 Å². The summed E-state index contributed by atoms with van der Waals surface area (Å²) >= 11 is 0. The average molecular weight is 311 g/mol. The number of carboxylic acids is 1. The molecule has 0 aliphatic heterocycles. The molecular formula is C15H21NO4S. The molecule has 1 aliphatic carbocycles. The van der Waals surface area contributed by atoms with E-state index in [9.17, 15) is 13.2 Å². The van der Waals surface area contributed by atoms with Gasteiger partial charge in [0.1, 0.15) is 0 Å². The number of carbonyl (C=O) groups is 1. The summed E-state index contributed by atoms with van der Waals surface area (Å²) in [7, 11) is -3.57. The molecule has 116 valence electrons. The fourth-order valence-corrected chi connectivity index (χ4v) is 3.87. The molecule has 1 aromatic rings. The maximum atomic E-state index is 12.2. The van der Waals surface area contributed by atoms with E-state index in [1.165, 1.54) is 30.7 Å². The van der Waals surface area contributed by atoms with Crippen LogP contribution in [0.25, 0.3) is 0 Å². The highest BCUT2D eigenvalue weighted by Crippen LogP contribution is 2.29. The van der Waals surface area contributed by atoms with Crippen molar-refractivity contribution in [2.75, 3.05) is 6.54 Å². The fourth-order valence-electron chi connectivity index (χ4n) is 2.77. The third kappa shape index (κ3) is 4.04. The lowest BCUT2D eigenvalue weighted by Gasteiger charge is -2.28. The molecule has 6 heteroatoms. The molecule has 0 saturated heterocycles. The summed E-state index contributed by atoms with van der Waals surface area (Å²) in [5.74, 6) is -0.148. The molecule has 2 atom stereocenters. The first-order chi connectivity index (χ1) is 9.90. The molecule has 2 rings (SSSR count). The Morgan fingerprint density at radius 1 is 1.24 bits per heavy atom. The highest BCUT2D eigenvalue weighted by Gasteiger charge is 2.23. The second-order valence-corrected chi connectivity index (χ2v) is 7.47. The molecule has 0 amide bonds. The fraction of sp³-hybridized carbons (Fsp3) is 0.533. The van der Waals surface area contributed by atoms with Crippen molar-refractivity contribution in [3.63, 3.8) is 0 Å². The predicted octanol–water partition coefficient (Wildman–Crippen LogP) is 2.49. The van der Waals surface area contributed by atoms with Crippen molar-refractivity contribution in [3.8, 4) is 0 Å². The first-order valence-corrected chi connectivity index (χ1v) is 8.71. The van der Waals surface area contributed by atoms with E-state index >= 15 is 0 Å². The van der Waals surface area contributed by atoms with Gasteiger partial charge >= 0.3 is 5.97 Å². The predicted molar refractivity (Wildman–Crippen MR) is 79.7 cm³/mol. The zero-order valence-electron chi connectivity index (χ0n) is 12.1. The lowest BCUT2D eigenvalue weighted by atomic mass is 9.81. The molecule has 0 bridgehead atoms. The summed E-state index contributed by atoms with van der Waals surface area (Å²) in [6, 6.07) is 5.27. The van der Waals surface area contributed by atoms with Gasteiger partial charge in [-0.25, -0.2) is 17.9 Å². The number of rotatable bonds is 5. The van der Waals surface area contributed by atoms with Crippen LogP contribution in [0.2, 0.25) is 0 Å². The van der Waals surface area contributed by atoms with Gasteiger partial charge in [0.2, 0.25) is 10.0 Å². The average Bonchev–Trinajstić information content (AvgIpc) is 2.46. The van der Waals surface area contributed by atoms with E-state index in [1.807, 2.05) is 0 Å². The SMILES string of the molecule is CC1CCCCC1CNS(=O)(=O)c1ccc(C(=O)O)cc1. The normalized spacial score (nSPS) is 22.9. The standard InChI is InChI=1S/C15H21NO4S/c1-11-4-2-3-5-13(11)10-16-21(19,20)14-8-6-12(7-9-14)15(17)18/h6-9,11,13,16H,2-5,10H2,1H3,(H,17,18). The van der Waals surface area contributed by atoms with Gasteiger partial charge in [0, 0.05) is 6.54 Å². The molecule has 0 heterocycles. The number of hydrogen-bond donors (Lipinski definition) is 2. The molecule has 0 aromatic heterocycles. The Bertz CT molecular complexity index is 595.